The summed E-state index contributed by atoms with van der Waals surface area (Å²) < 4.78 is 33.7. The zero-order valence-electron chi connectivity index (χ0n) is 18.8. The summed E-state index contributed by atoms with van der Waals surface area (Å²) in [6, 6.07) is 12.2. The highest BCUT2D eigenvalue weighted by Crippen LogP contribution is 2.32. The van der Waals surface area contributed by atoms with E-state index in [9.17, 15) is 13.6 Å². The van der Waals surface area contributed by atoms with Crippen molar-refractivity contribution in [2.75, 3.05) is 50.0 Å². The second kappa shape index (κ2) is 13.3. The van der Waals surface area contributed by atoms with Crippen LogP contribution in [0.5, 0.6) is 0 Å². The molecule has 0 saturated carbocycles. The van der Waals surface area contributed by atoms with Crippen LogP contribution in [-0.2, 0) is 9.53 Å². The van der Waals surface area contributed by atoms with Crippen LogP contribution in [0.2, 0.25) is 0 Å². The Morgan fingerprint density at radius 1 is 1.15 bits per heavy atom. The van der Waals surface area contributed by atoms with Gasteiger partial charge in [0.15, 0.2) is 10.9 Å². The van der Waals surface area contributed by atoms with Gasteiger partial charge >= 0.3 is 0 Å². The molecule has 1 aliphatic rings. The summed E-state index contributed by atoms with van der Waals surface area (Å²) in [5.74, 6) is -0.548. The number of thiazole rings is 1. The lowest BCUT2D eigenvalue weighted by Crippen LogP contribution is -2.39. The minimum Gasteiger partial charge on any atom is -0.379 e. The molecule has 0 radical (unpaired) electrons. The smallest absolute Gasteiger partial charge is 0.228 e. The van der Waals surface area contributed by atoms with Crippen molar-refractivity contribution in [1.82, 2.24) is 9.88 Å². The maximum atomic E-state index is 14.2. The number of carbonyl (C=O) groups excluding carboxylic acids is 1. The van der Waals surface area contributed by atoms with Crippen LogP contribution in [0.4, 0.5) is 13.9 Å². The van der Waals surface area contributed by atoms with Crippen LogP contribution in [0.15, 0.2) is 47.4 Å². The topological polar surface area (TPSA) is 45.7 Å². The van der Waals surface area contributed by atoms with Gasteiger partial charge < -0.3 is 4.74 Å². The van der Waals surface area contributed by atoms with Crippen LogP contribution < -0.4 is 4.90 Å². The molecule has 1 amide bonds. The van der Waals surface area contributed by atoms with Gasteiger partial charge in [-0.2, -0.15) is 0 Å². The first kappa shape index (κ1) is 26.8. The molecule has 1 aromatic heterocycles. The van der Waals surface area contributed by atoms with Gasteiger partial charge in [-0.05, 0) is 36.8 Å². The molecular weight excluding hydrogens is 500 g/mol. The Morgan fingerprint density at radius 3 is 2.68 bits per heavy atom. The molecule has 1 fully saturated rings. The first-order chi connectivity index (χ1) is 16.1. The van der Waals surface area contributed by atoms with Crippen molar-refractivity contribution in [3.8, 4) is 0 Å². The fourth-order valence-electron chi connectivity index (χ4n) is 3.73. The van der Waals surface area contributed by atoms with E-state index in [-0.39, 0.29) is 23.8 Å². The molecule has 10 heteroatoms. The number of rotatable bonds is 10. The van der Waals surface area contributed by atoms with E-state index >= 15 is 0 Å². The summed E-state index contributed by atoms with van der Waals surface area (Å²) in [5.41, 5.74) is 0.113. The minimum absolute atomic E-state index is 0. The van der Waals surface area contributed by atoms with E-state index in [4.69, 9.17) is 4.74 Å². The monoisotopic (exact) mass is 527 g/mol. The molecule has 0 atom stereocenters. The average molecular weight is 528 g/mol. The van der Waals surface area contributed by atoms with Gasteiger partial charge in [0.25, 0.3) is 0 Å². The SMILES string of the molecule is Cl.O=C(CCCSc1ccccc1)N(CCCN1CCOCC1)c1nc2c(F)cc(F)cc2s1. The summed E-state index contributed by atoms with van der Waals surface area (Å²) in [7, 11) is 0. The van der Waals surface area contributed by atoms with E-state index in [0.717, 1.165) is 68.8 Å². The van der Waals surface area contributed by atoms with Gasteiger partial charge in [-0.25, -0.2) is 13.8 Å². The lowest BCUT2D eigenvalue weighted by atomic mass is 10.2. The summed E-state index contributed by atoms with van der Waals surface area (Å²) in [6.07, 6.45) is 1.88. The van der Waals surface area contributed by atoms with E-state index < -0.39 is 11.6 Å². The van der Waals surface area contributed by atoms with E-state index in [1.807, 2.05) is 18.2 Å². The summed E-state index contributed by atoms with van der Waals surface area (Å²) in [5, 5.41) is 0.428. The average Bonchev–Trinajstić information content (AvgIpc) is 3.25. The summed E-state index contributed by atoms with van der Waals surface area (Å²) in [6.45, 7) is 4.57. The van der Waals surface area contributed by atoms with E-state index in [1.54, 1.807) is 16.7 Å². The molecule has 1 saturated heterocycles. The lowest BCUT2D eigenvalue weighted by molar-refractivity contribution is -0.118. The molecule has 184 valence electrons. The van der Waals surface area contributed by atoms with Crippen LogP contribution in [0.3, 0.4) is 0 Å². The largest absolute Gasteiger partial charge is 0.379 e. The molecule has 3 aromatic rings. The molecule has 0 unspecified atom stereocenters. The molecule has 0 bridgehead atoms. The third-order valence-electron chi connectivity index (χ3n) is 5.44. The number of thioether (sulfide) groups is 1. The Bertz CT molecular complexity index is 1070. The quantitative estimate of drug-likeness (QED) is 0.253. The number of halogens is 3. The van der Waals surface area contributed by atoms with Crippen molar-refractivity contribution in [1.29, 1.82) is 0 Å². The predicted molar refractivity (Wildman–Crippen MR) is 137 cm³/mol. The summed E-state index contributed by atoms with van der Waals surface area (Å²) in [4.78, 5) is 22.6. The molecule has 0 N–H and O–H groups in total. The number of amides is 1. The molecule has 5 nitrogen and oxygen atoms in total. The number of carbonyl (C=O) groups is 1. The number of aromatic nitrogens is 1. The van der Waals surface area contributed by atoms with Crippen LogP contribution in [-0.4, -0.2) is 60.9 Å². The standard InChI is InChI=1S/C24H27F2N3O2S2.ClH/c25-18-16-20(26)23-21(17-18)33-24(27-23)29(10-5-9-28-11-13-31-14-12-28)22(30)8-4-15-32-19-6-2-1-3-7-19;/h1-3,6-7,16-17H,4-5,8-15H2;1H. The van der Waals surface area contributed by atoms with E-state index in [0.29, 0.717) is 22.8 Å². The van der Waals surface area contributed by atoms with Gasteiger partial charge in [0.2, 0.25) is 5.91 Å². The molecule has 2 heterocycles. The van der Waals surface area contributed by atoms with Crippen LogP contribution in [0.25, 0.3) is 10.2 Å². The Kier molecular flexibility index (Phi) is 10.5. The van der Waals surface area contributed by atoms with E-state index in [1.165, 1.54) is 11.0 Å². The van der Waals surface area contributed by atoms with Crippen molar-refractivity contribution in [2.45, 2.75) is 24.2 Å². The predicted octanol–water partition coefficient (Wildman–Crippen LogP) is 5.62. The van der Waals surface area contributed by atoms with Crippen molar-refractivity contribution in [3.63, 3.8) is 0 Å². The van der Waals surface area contributed by atoms with Gasteiger partial charge in [0.05, 0.1) is 17.9 Å². The number of ether oxygens (including phenoxy) is 1. The molecule has 34 heavy (non-hydrogen) atoms. The lowest BCUT2D eigenvalue weighted by Gasteiger charge is -2.27. The molecular formula is C24H28ClF2N3O2S2. The highest BCUT2D eigenvalue weighted by molar-refractivity contribution is 7.99. The fraction of sp³-hybridized carbons (Fsp3) is 0.417. The second-order valence-corrected chi connectivity index (χ2v) is 10.0. The maximum absolute atomic E-state index is 14.2. The van der Waals surface area contributed by atoms with Gasteiger partial charge in [-0.15, -0.1) is 24.2 Å². The Hall–Kier alpha value is -1.78. The van der Waals surface area contributed by atoms with Crippen LogP contribution in [0.1, 0.15) is 19.3 Å². The third kappa shape index (κ3) is 7.36. The normalized spacial score (nSPS) is 14.2. The first-order valence-corrected chi connectivity index (χ1v) is 12.9. The number of anilines is 1. The number of benzene rings is 2. The molecule has 2 aromatic carbocycles. The zero-order chi connectivity index (χ0) is 23.0. The Labute approximate surface area is 212 Å². The minimum atomic E-state index is -0.701. The van der Waals surface area contributed by atoms with Gasteiger partial charge in [-0.1, -0.05) is 29.5 Å². The Morgan fingerprint density at radius 2 is 1.91 bits per heavy atom. The Balaban J connectivity index is 0.00000324. The van der Waals surface area contributed by atoms with Gasteiger partial charge in [-0.3, -0.25) is 14.6 Å². The highest BCUT2D eigenvalue weighted by atomic mass is 35.5. The van der Waals surface area contributed by atoms with Gasteiger partial charge in [0.1, 0.15) is 11.3 Å². The first-order valence-electron chi connectivity index (χ1n) is 11.1. The number of fused-ring (bicyclic) bond motifs is 1. The fourth-order valence-corrected chi connectivity index (χ4v) is 5.65. The molecule has 4 rings (SSSR count). The number of hydrogen-bond donors (Lipinski definition) is 0. The number of nitrogens with zero attached hydrogens (tertiary/aromatic N) is 3. The summed E-state index contributed by atoms with van der Waals surface area (Å²) >= 11 is 2.88. The van der Waals surface area contributed by atoms with Crippen molar-refractivity contribution < 1.29 is 18.3 Å². The van der Waals surface area contributed by atoms with Crippen LogP contribution in [0, 0.1) is 11.6 Å². The second-order valence-electron chi connectivity index (χ2n) is 7.85. The zero-order valence-corrected chi connectivity index (χ0v) is 21.2. The maximum Gasteiger partial charge on any atom is 0.228 e. The third-order valence-corrected chi connectivity index (χ3v) is 7.56. The molecule has 0 spiro atoms. The van der Waals surface area contributed by atoms with Crippen LogP contribution >= 0.6 is 35.5 Å². The number of hydrogen-bond acceptors (Lipinski definition) is 6. The number of morpholine rings is 1. The molecule has 1 aliphatic heterocycles. The van der Waals surface area contributed by atoms with E-state index in [2.05, 4.69) is 22.0 Å². The van der Waals surface area contributed by atoms with Crippen molar-refractivity contribution >= 4 is 56.8 Å². The van der Waals surface area contributed by atoms with Gasteiger partial charge in [0, 0.05) is 43.6 Å². The van der Waals surface area contributed by atoms with Crippen molar-refractivity contribution in [3.05, 3.63) is 54.1 Å². The highest BCUT2D eigenvalue weighted by Gasteiger charge is 2.21. The van der Waals surface area contributed by atoms with Crippen molar-refractivity contribution in [2.24, 2.45) is 0 Å². The molecule has 0 aliphatic carbocycles.